The molecule has 112 valence electrons. The lowest BCUT2D eigenvalue weighted by molar-refractivity contribution is -0.120. The number of rotatable bonds is 6. The fourth-order valence-electron chi connectivity index (χ4n) is 1.84. The molecule has 0 saturated heterocycles. The molecule has 0 aliphatic carbocycles. The summed E-state index contributed by atoms with van der Waals surface area (Å²) in [6.45, 7) is 3.46. The van der Waals surface area contributed by atoms with Crippen molar-refractivity contribution in [3.63, 3.8) is 0 Å². The largest absolute Gasteiger partial charge is 0.355 e. The molecular formula is C15H20N4OS. The first kappa shape index (κ1) is 15.6. The third kappa shape index (κ3) is 4.61. The van der Waals surface area contributed by atoms with E-state index in [1.165, 1.54) is 0 Å². The lowest BCUT2D eigenvalue weighted by Crippen LogP contribution is -2.32. The number of likely N-dealkylation sites (N-methyl/N-ethyl adjacent to an activating group) is 1. The van der Waals surface area contributed by atoms with Crippen molar-refractivity contribution in [2.75, 3.05) is 27.2 Å². The highest BCUT2D eigenvalue weighted by Crippen LogP contribution is 2.27. The quantitative estimate of drug-likeness (QED) is 0.883. The number of carbonyl (C=O) groups is 1. The number of nitrogens with zero attached hydrogens (tertiary/aromatic N) is 3. The van der Waals surface area contributed by atoms with Crippen LogP contribution in [0.5, 0.6) is 0 Å². The molecule has 6 heteroatoms. The second-order valence-electron chi connectivity index (χ2n) is 5.09. The smallest absolute Gasteiger partial charge is 0.225 e. The summed E-state index contributed by atoms with van der Waals surface area (Å²) in [5.41, 5.74) is 1.96. The Morgan fingerprint density at radius 2 is 2.05 bits per heavy atom. The van der Waals surface area contributed by atoms with Crippen molar-refractivity contribution in [3.8, 4) is 10.6 Å². The summed E-state index contributed by atoms with van der Waals surface area (Å²) in [7, 11) is 3.97. The monoisotopic (exact) mass is 304 g/mol. The second-order valence-corrected chi connectivity index (χ2v) is 6.18. The third-order valence-electron chi connectivity index (χ3n) is 3.02. The molecule has 0 atom stereocenters. The summed E-state index contributed by atoms with van der Waals surface area (Å²) in [4.78, 5) is 23.5. The van der Waals surface area contributed by atoms with Gasteiger partial charge in [0, 0.05) is 35.9 Å². The first-order chi connectivity index (χ1) is 10.1. The van der Waals surface area contributed by atoms with Crippen molar-refractivity contribution >= 4 is 17.2 Å². The van der Waals surface area contributed by atoms with Crippen LogP contribution >= 0.6 is 11.3 Å². The van der Waals surface area contributed by atoms with E-state index in [4.69, 9.17) is 0 Å². The molecule has 0 unspecified atom stereocenters. The Balaban J connectivity index is 1.98. The van der Waals surface area contributed by atoms with Gasteiger partial charge in [-0.1, -0.05) is 0 Å². The van der Waals surface area contributed by atoms with E-state index in [-0.39, 0.29) is 5.91 Å². The summed E-state index contributed by atoms with van der Waals surface area (Å²) >= 11 is 1.57. The van der Waals surface area contributed by atoms with Crippen molar-refractivity contribution < 1.29 is 4.79 Å². The Hall–Kier alpha value is -1.79. The molecule has 0 fully saturated rings. The maximum Gasteiger partial charge on any atom is 0.225 e. The van der Waals surface area contributed by atoms with E-state index in [1.54, 1.807) is 23.7 Å². The molecule has 0 saturated carbocycles. The third-order valence-corrected chi connectivity index (χ3v) is 4.23. The van der Waals surface area contributed by atoms with Crippen molar-refractivity contribution in [1.29, 1.82) is 0 Å². The number of amides is 1. The van der Waals surface area contributed by atoms with Crippen LogP contribution in [0.1, 0.15) is 10.6 Å². The van der Waals surface area contributed by atoms with Crippen LogP contribution in [-0.4, -0.2) is 48.0 Å². The highest BCUT2D eigenvalue weighted by Gasteiger charge is 2.12. The van der Waals surface area contributed by atoms with Gasteiger partial charge in [0.25, 0.3) is 0 Å². The first-order valence-corrected chi connectivity index (χ1v) is 7.66. The van der Waals surface area contributed by atoms with Gasteiger partial charge in [-0.3, -0.25) is 9.78 Å². The molecule has 0 aliphatic heterocycles. The molecule has 0 aromatic carbocycles. The second kappa shape index (κ2) is 7.28. The molecule has 5 nitrogen and oxygen atoms in total. The summed E-state index contributed by atoms with van der Waals surface area (Å²) < 4.78 is 0. The van der Waals surface area contributed by atoms with Crippen LogP contribution in [0.25, 0.3) is 10.6 Å². The summed E-state index contributed by atoms with van der Waals surface area (Å²) in [6, 6.07) is 3.86. The van der Waals surface area contributed by atoms with Crippen LogP contribution in [-0.2, 0) is 11.2 Å². The van der Waals surface area contributed by atoms with Gasteiger partial charge < -0.3 is 10.2 Å². The fraction of sp³-hybridized carbons (Fsp3) is 0.400. The number of hydrogen-bond acceptors (Lipinski definition) is 5. The van der Waals surface area contributed by atoms with Gasteiger partial charge in [0.05, 0.1) is 12.1 Å². The molecule has 2 rings (SSSR count). The number of nitrogens with one attached hydrogen (secondary N) is 1. The molecule has 2 aromatic heterocycles. The van der Waals surface area contributed by atoms with Crippen LogP contribution < -0.4 is 5.32 Å². The van der Waals surface area contributed by atoms with E-state index in [0.29, 0.717) is 13.0 Å². The summed E-state index contributed by atoms with van der Waals surface area (Å²) in [5, 5.41) is 3.86. The van der Waals surface area contributed by atoms with Crippen LogP contribution in [0.4, 0.5) is 0 Å². The Morgan fingerprint density at radius 3 is 2.71 bits per heavy atom. The zero-order chi connectivity index (χ0) is 15.2. The van der Waals surface area contributed by atoms with Gasteiger partial charge in [-0.15, -0.1) is 11.3 Å². The van der Waals surface area contributed by atoms with Crippen molar-refractivity contribution in [3.05, 3.63) is 35.1 Å². The van der Waals surface area contributed by atoms with Gasteiger partial charge in [-0.25, -0.2) is 4.98 Å². The minimum absolute atomic E-state index is 0.0462. The fourth-order valence-corrected chi connectivity index (χ4v) is 2.90. The van der Waals surface area contributed by atoms with Crippen LogP contribution in [0, 0.1) is 6.92 Å². The molecule has 0 aliphatic rings. The van der Waals surface area contributed by atoms with Gasteiger partial charge in [0.2, 0.25) is 5.91 Å². The lowest BCUT2D eigenvalue weighted by atomic mass is 10.2. The summed E-state index contributed by atoms with van der Waals surface area (Å²) in [6.07, 6.45) is 3.89. The van der Waals surface area contributed by atoms with Crippen LogP contribution in [0.2, 0.25) is 0 Å². The van der Waals surface area contributed by atoms with E-state index in [9.17, 15) is 4.79 Å². The Labute approximate surface area is 129 Å². The number of aromatic nitrogens is 2. The Kier molecular flexibility index (Phi) is 5.41. The molecular weight excluding hydrogens is 284 g/mol. The highest BCUT2D eigenvalue weighted by atomic mass is 32.1. The molecule has 0 bridgehead atoms. The normalized spacial score (nSPS) is 10.9. The maximum atomic E-state index is 11.9. The van der Waals surface area contributed by atoms with Crippen molar-refractivity contribution in [2.45, 2.75) is 13.3 Å². The molecule has 1 amide bonds. The van der Waals surface area contributed by atoms with Gasteiger partial charge in [-0.05, 0) is 33.2 Å². The minimum atomic E-state index is 0.0462. The van der Waals surface area contributed by atoms with Crippen molar-refractivity contribution in [1.82, 2.24) is 20.2 Å². The zero-order valence-electron chi connectivity index (χ0n) is 12.6. The Bertz CT molecular complexity index is 595. The number of carbonyl (C=O) groups excluding carboxylic acids is 1. The summed E-state index contributed by atoms with van der Waals surface area (Å²) in [5.74, 6) is 0.0462. The molecule has 0 radical (unpaired) electrons. The molecule has 0 spiro atoms. The van der Waals surface area contributed by atoms with Gasteiger partial charge in [0.1, 0.15) is 5.01 Å². The van der Waals surface area contributed by atoms with Gasteiger partial charge >= 0.3 is 0 Å². The molecule has 2 heterocycles. The number of hydrogen-bond donors (Lipinski definition) is 1. The van der Waals surface area contributed by atoms with Crippen molar-refractivity contribution in [2.24, 2.45) is 0 Å². The first-order valence-electron chi connectivity index (χ1n) is 6.84. The Morgan fingerprint density at radius 1 is 1.33 bits per heavy atom. The molecule has 1 N–H and O–H groups in total. The molecule has 2 aromatic rings. The van der Waals surface area contributed by atoms with E-state index >= 15 is 0 Å². The predicted molar refractivity (Wildman–Crippen MR) is 85.3 cm³/mol. The lowest BCUT2D eigenvalue weighted by Gasteiger charge is -2.09. The van der Waals surface area contributed by atoms with E-state index in [1.807, 2.05) is 38.1 Å². The standard InChI is InChI=1S/C15H20N4OS/c1-11-13(10-14(20)17-8-9-19(2)3)21-15(18-11)12-4-6-16-7-5-12/h4-7H,8-10H2,1-3H3,(H,17,20). The number of aryl methyl sites for hydroxylation is 1. The van der Waals surface area contributed by atoms with Gasteiger partial charge in [-0.2, -0.15) is 0 Å². The highest BCUT2D eigenvalue weighted by molar-refractivity contribution is 7.15. The maximum absolute atomic E-state index is 11.9. The van der Waals surface area contributed by atoms with E-state index in [0.717, 1.165) is 27.7 Å². The zero-order valence-corrected chi connectivity index (χ0v) is 13.4. The average molecular weight is 304 g/mol. The number of thiazole rings is 1. The predicted octanol–water partition coefficient (Wildman–Crippen LogP) is 1.73. The van der Waals surface area contributed by atoms with Crippen LogP contribution in [0.15, 0.2) is 24.5 Å². The number of pyridine rings is 1. The average Bonchev–Trinajstić information content (AvgIpc) is 2.81. The minimum Gasteiger partial charge on any atom is -0.355 e. The topological polar surface area (TPSA) is 58.1 Å². The van der Waals surface area contributed by atoms with E-state index < -0.39 is 0 Å². The van der Waals surface area contributed by atoms with E-state index in [2.05, 4.69) is 15.3 Å². The van der Waals surface area contributed by atoms with Crippen LogP contribution in [0.3, 0.4) is 0 Å². The van der Waals surface area contributed by atoms with Gasteiger partial charge in [0.15, 0.2) is 0 Å². The SMILES string of the molecule is Cc1nc(-c2ccncc2)sc1CC(=O)NCCN(C)C. The molecule has 21 heavy (non-hydrogen) atoms.